The van der Waals surface area contributed by atoms with Crippen molar-refractivity contribution in [1.29, 1.82) is 0 Å². The second-order valence-electron chi connectivity index (χ2n) is 7.49. The van der Waals surface area contributed by atoms with Crippen molar-refractivity contribution in [2.75, 3.05) is 19.6 Å². The van der Waals surface area contributed by atoms with Crippen LogP contribution in [-0.2, 0) is 4.74 Å². The van der Waals surface area contributed by atoms with Gasteiger partial charge in [0.25, 0.3) is 0 Å². The van der Waals surface area contributed by atoms with Gasteiger partial charge in [0.15, 0.2) is 0 Å². The summed E-state index contributed by atoms with van der Waals surface area (Å²) in [6.45, 7) is 10.7. The predicted octanol–water partition coefficient (Wildman–Crippen LogP) is 4.34. The van der Waals surface area contributed by atoms with E-state index >= 15 is 0 Å². The first-order chi connectivity index (χ1) is 10.4. The van der Waals surface area contributed by atoms with Crippen LogP contribution >= 0.6 is 0 Å². The average molecular weight is 312 g/mol. The SMILES string of the molecule is CCCCCCCNC1CCCCN(C(=O)OC(C)(C)C)C1. The maximum atomic E-state index is 12.2. The smallest absolute Gasteiger partial charge is 0.410 e. The van der Waals surface area contributed by atoms with Gasteiger partial charge >= 0.3 is 6.09 Å². The maximum Gasteiger partial charge on any atom is 0.410 e. The molecule has 4 nitrogen and oxygen atoms in total. The monoisotopic (exact) mass is 312 g/mol. The van der Waals surface area contributed by atoms with Crippen LogP contribution in [0.2, 0.25) is 0 Å². The van der Waals surface area contributed by atoms with Gasteiger partial charge in [-0.2, -0.15) is 0 Å². The van der Waals surface area contributed by atoms with E-state index in [-0.39, 0.29) is 6.09 Å². The second-order valence-corrected chi connectivity index (χ2v) is 7.49. The van der Waals surface area contributed by atoms with Crippen LogP contribution in [0.5, 0.6) is 0 Å². The van der Waals surface area contributed by atoms with Gasteiger partial charge in [0.2, 0.25) is 0 Å². The number of carbonyl (C=O) groups excluding carboxylic acids is 1. The van der Waals surface area contributed by atoms with Crippen molar-refractivity contribution < 1.29 is 9.53 Å². The minimum atomic E-state index is -0.411. The first-order valence-electron chi connectivity index (χ1n) is 9.13. The summed E-state index contributed by atoms with van der Waals surface area (Å²) >= 11 is 0. The second kappa shape index (κ2) is 10.1. The molecule has 0 radical (unpaired) electrons. The molecule has 1 heterocycles. The average Bonchev–Trinajstić information content (AvgIpc) is 2.66. The lowest BCUT2D eigenvalue weighted by molar-refractivity contribution is 0.0244. The first-order valence-corrected chi connectivity index (χ1v) is 9.13. The highest BCUT2D eigenvalue weighted by atomic mass is 16.6. The van der Waals surface area contributed by atoms with E-state index in [9.17, 15) is 4.79 Å². The zero-order valence-corrected chi connectivity index (χ0v) is 15.1. The van der Waals surface area contributed by atoms with Gasteiger partial charge in [-0.05, 0) is 46.6 Å². The highest BCUT2D eigenvalue weighted by molar-refractivity contribution is 5.68. The number of nitrogens with one attached hydrogen (secondary N) is 1. The highest BCUT2D eigenvalue weighted by Gasteiger charge is 2.25. The third kappa shape index (κ3) is 8.62. The maximum absolute atomic E-state index is 12.2. The molecule has 0 saturated carbocycles. The molecule has 4 heteroatoms. The Hall–Kier alpha value is -0.770. The molecule has 0 aromatic carbocycles. The van der Waals surface area contributed by atoms with Gasteiger partial charge in [-0.3, -0.25) is 0 Å². The van der Waals surface area contributed by atoms with Gasteiger partial charge in [-0.1, -0.05) is 39.0 Å². The summed E-state index contributed by atoms with van der Waals surface area (Å²) < 4.78 is 5.51. The fraction of sp³-hybridized carbons (Fsp3) is 0.944. The molecule has 1 unspecified atom stereocenters. The van der Waals surface area contributed by atoms with E-state index in [0.29, 0.717) is 6.04 Å². The third-order valence-electron chi connectivity index (χ3n) is 4.04. The number of unbranched alkanes of at least 4 members (excludes halogenated alkanes) is 4. The molecule has 0 spiro atoms. The Bertz CT molecular complexity index is 313. The minimum Gasteiger partial charge on any atom is -0.444 e. The Morgan fingerprint density at radius 3 is 2.59 bits per heavy atom. The van der Waals surface area contributed by atoms with Crippen molar-refractivity contribution >= 4 is 6.09 Å². The molecule has 1 N–H and O–H groups in total. The van der Waals surface area contributed by atoms with E-state index in [2.05, 4.69) is 12.2 Å². The van der Waals surface area contributed by atoms with Crippen molar-refractivity contribution in [3.63, 3.8) is 0 Å². The van der Waals surface area contributed by atoms with Crippen LogP contribution in [-0.4, -0.2) is 42.3 Å². The molecule has 0 aromatic rings. The molecule has 0 aromatic heterocycles. The van der Waals surface area contributed by atoms with E-state index < -0.39 is 5.60 Å². The first kappa shape index (κ1) is 19.3. The number of hydrogen-bond donors (Lipinski definition) is 1. The summed E-state index contributed by atoms with van der Waals surface area (Å²) in [5.74, 6) is 0. The van der Waals surface area contributed by atoms with E-state index in [0.717, 1.165) is 32.5 Å². The molecule has 1 saturated heterocycles. The Kier molecular flexibility index (Phi) is 8.84. The van der Waals surface area contributed by atoms with Gasteiger partial charge in [-0.15, -0.1) is 0 Å². The fourth-order valence-corrected chi connectivity index (χ4v) is 2.84. The van der Waals surface area contributed by atoms with Crippen molar-refractivity contribution in [1.82, 2.24) is 10.2 Å². The van der Waals surface area contributed by atoms with Crippen LogP contribution in [0, 0.1) is 0 Å². The molecule has 130 valence electrons. The summed E-state index contributed by atoms with van der Waals surface area (Å²) in [6.07, 6.45) is 9.79. The normalized spacial score (nSPS) is 19.8. The largest absolute Gasteiger partial charge is 0.444 e. The van der Waals surface area contributed by atoms with Gasteiger partial charge < -0.3 is 15.0 Å². The molecule has 0 bridgehead atoms. The number of likely N-dealkylation sites (tertiary alicyclic amines) is 1. The highest BCUT2D eigenvalue weighted by Crippen LogP contribution is 2.15. The Morgan fingerprint density at radius 2 is 1.91 bits per heavy atom. The van der Waals surface area contributed by atoms with Crippen molar-refractivity contribution in [2.24, 2.45) is 0 Å². The lowest BCUT2D eigenvalue weighted by Gasteiger charge is -2.28. The van der Waals surface area contributed by atoms with Crippen LogP contribution < -0.4 is 5.32 Å². The molecular weight excluding hydrogens is 276 g/mol. The molecule has 1 fully saturated rings. The van der Waals surface area contributed by atoms with Crippen LogP contribution in [0.15, 0.2) is 0 Å². The molecule has 1 atom stereocenters. The molecule has 1 rings (SSSR count). The van der Waals surface area contributed by atoms with Crippen LogP contribution in [0.4, 0.5) is 4.79 Å². The molecule has 1 aliphatic rings. The zero-order chi connectivity index (χ0) is 16.4. The van der Waals surface area contributed by atoms with Crippen molar-refractivity contribution in [2.45, 2.75) is 90.7 Å². The number of rotatable bonds is 7. The van der Waals surface area contributed by atoms with E-state index in [1.165, 1.54) is 38.5 Å². The van der Waals surface area contributed by atoms with Crippen molar-refractivity contribution in [3.8, 4) is 0 Å². The minimum absolute atomic E-state index is 0.163. The fourth-order valence-electron chi connectivity index (χ4n) is 2.84. The van der Waals surface area contributed by atoms with Crippen LogP contribution in [0.1, 0.15) is 79.1 Å². The molecule has 0 aliphatic carbocycles. The summed E-state index contributed by atoms with van der Waals surface area (Å²) in [4.78, 5) is 14.1. The number of carbonyl (C=O) groups is 1. The summed E-state index contributed by atoms with van der Waals surface area (Å²) in [5.41, 5.74) is -0.411. The molecule has 22 heavy (non-hydrogen) atoms. The molecular formula is C18H36N2O2. The summed E-state index contributed by atoms with van der Waals surface area (Å²) in [5, 5.41) is 3.64. The number of hydrogen-bond acceptors (Lipinski definition) is 3. The van der Waals surface area contributed by atoms with Gasteiger partial charge in [0.1, 0.15) is 5.60 Å². The zero-order valence-electron chi connectivity index (χ0n) is 15.1. The Balaban J connectivity index is 2.31. The van der Waals surface area contributed by atoms with Crippen LogP contribution in [0.3, 0.4) is 0 Å². The predicted molar refractivity (Wildman–Crippen MR) is 92.2 cm³/mol. The van der Waals surface area contributed by atoms with E-state index in [1.54, 1.807) is 0 Å². The van der Waals surface area contributed by atoms with Gasteiger partial charge in [0, 0.05) is 19.1 Å². The number of nitrogens with zero attached hydrogens (tertiary/aromatic N) is 1. The summed E-state index contributed by atoms with van der Waals surface area (Å²) in [7, 11) is 0. The van der Waals surface area contributed by atoms with E-state index in [1.807, 2.05) is 25.7 Å². The summed E-state index contributed by atoms with van der Waals surface area (Å²) in [6, 6.07) is 0.418. The quantitative estimate of drug-likeness (QED) is 0.711. The van der Waals surface area contributed by atoms with Gasteiger partial charge in [-0.25, -0.2) is 4.79 Å². The van der Waals surface area contributed by atoms with Gasteiger partial charge in [0.05, 0.1) is 0 Å². The lowest BCUT2D eigenvalue weighted by Crippen LogP contribution is -2.44. The topological polar surface area (TPSA) is 41.6 Å². The lowest BCUT2D eigenvalue weighted by atomic mass is 10.1. The Labute approximate surface area is 137 Å². The van der Waals surface area contributed by atoms with Crippen LogP contribution in [0.25, 0.3) is 0 Å². The van der Waals surface area contributed by atoms with E-state index in [4.69, 9.17) is 4.74 Å². The number of ether oxygens (including phenoxy) is 1. The third-order valence-corrected chi connectivity index (χ3v) is 4.04. The van der Waals surface area contributed by atoms with Crippen molar-refractivity contribution in [3.05, 3.63) is 0 Å². The molecule has 1 aliphatic heterocycles. The Morgan fingerprint density at radius 1 is 1.18 bits per heavy atom. The molecule has 1 amide bonds. The standard InChI is InChI=1S/C18H36N2O2/c1-5-6-7-8-10-13-19-16-12-9-11-14-20(15-16)17(21)22-18(2,3)4/h16,19H,5-15H2,1-4H3. The number of amides is 1.